The number of benzene rings is 1. The van der Waals surface area contributed by atoms with Crippen molar-refractivity contribution in [2.24, 2.45) is 0 Å². The molecule has 0 radical (unpaired) electrons. The Kier molecular flexibility index (Phi) is 4.07. The molecule has 0 fully saturated rings. The maximum absolute atomic E-state index is 12.1. The number of aromatic carboxylic acids is 1. The third-order valence-corrected chi connectivity index (χ3v) is 4.37. The van der Waals surface area contributed by atoms with Crippen LogP contribution in [0.1, 0.15) is 15.9 Å². The maximum Gasteiger partial charge on any atom is 0.335 e. The standard InChI is InChI=1S/C11H10ClN3O4S/c12-9-2-1-8(11(16)17)3-10(9)20(18,19)15-6-7-4-13-14-5-7/h1-5,15H,6H2,(H,13,14)(H,16,17). The molecule has 106 valence electrons. The summed E-state index contributed by atoms with van der Waals surface area (Å²) < 4.78 is 26.5. The van der Waals surface area contributed by atoms with Gasteiger partial charge in [0.15, 0.2) is 0 Å². The largest absolute Gasteiger partial charge is 0.478 e. The molecule has 0 saturated heterocycles. The van der Waals surface area contributed by atoms with E-state index in [1.54, 1.807) is 0 Å². The van der Waals surface area contributed by atoms with Gasteiger partial charge in [-0.25, -0.2) is 17.9 Å². The zero-order valence-corrected chi connectivity index (χ0v) is 11.6. The first-order valence-corrected chi connectivity index (χ1v) is 7.26. The Hall–Kier alpha value is -1.90. The second kappa shape index (κ2) is 5.61. The molecule has 1 aromatic carbocycles. The van der Waals surface area contributed by atoms with Gasteiger partial charge in [0.2, 0.25) is 10.0 Å². The quantitative estimate of drug-likeness (QED) is 0.768. The van der Waals surface area contributed by atoms with Crippen LogP contribution in [-0.2, 0) is 16.6 Å². The zero-order valence-electron chi connectivity index (χ0n) is 10.00. The van der Waals surface area contributed by atoms with Crippen molar-refractivity contribution in [3.05, 3.63) is 46.7 Å². The van der Waals surface area contributed by atoms with Crippen molar-refractivity contribution in [1.82, 2.24) is 14.9 Å². The average Bonchev–Trinajstić information content (AvgIpc) is 2.89. The Bertz CT molecular complexity index is 728. The number of hydrogen-bond acceptors (Lipinski definition) is 4. The van der Waals surface area contributed by atoms with Gasteiger partial charge in [-0.1, -0.05) is 11.6 Å². The normalized spacial score (nSPS) is 11.4. The summed E-state index contributed by atoms with van der Waals surface area (Å²) in [4.78, 5) is 10.6. The fourth-order valence-electron chi connectivity index (χ4n) is 1.47. The Labute approximate surface area is 119 Å². The van der Waals surface area contributed by atoms with E-state index >= 15 is 0 Å². The minimum absolute atomic E-state index is 0.0203. The summed E-state index contributed by atoms with van der Waals surface area (Å²) in [6.07, 6.45) is 3.01. The van der Waals surface area contributed by atoms with Gasteiger partial charge in [-0.05, 0) is 18.2 Å². The van der Waals surface area contributed by atoms with Crippen molar-refractivity contribution in [3.63, 3.8) is 0 Å². The van der Waals surface area contributed by atoms with Crippen LogP contribution in [0, 0.1) is 0 Å². The Morgan fingerprint density at radius 3 is 2.80 bits per heavy atom. The number of halogens is 1. The van der Waals surface area contributed by atoms with Gasteiger partial charge in [-0.3, -0.25) is 5.10 Å². The van der Waals surface area contributed by atoms with Gasteiger partial charge in [-0.15, -0.1) is 0 Å². The van der Waals surface area contributed by atoms with Crippen LogP contribution in [0.3, 0.4) is 0 Å². The van der Waals surface area contributed by atoms with Gasteiger partial charge in [0.1, 0.15) is 4.90 Å². The monoisotopic (exact) mass is 315 g/mol. The molecule has 0 unspecified atom stereocenters. The van der Waals surface area contributed by atoms with Crippen LogP contribution in [0.15, 0.2) is 35.5 Å². The first kappa shape index (κ1) is 14.5. The number of rotatable bonds is 5. The minimum Gasteiger partial charge on any atom is -0.478 e. The second-order valence-corrected chi connectivity index (χ2v) is 6.02. The number of H-pyrrole nitrogens is 1. The van der Waals surface area contributed by atoms with Gasteiger partial charge >= 0.3 is 5.97 Å². The summed E-state index contributed by atoms with van der Waals surface area (Å²) in [5, 5.41) is 15.1. The number of aromatic amines is 1. The summed E-state index contributed by atoms with van der Waals surface area (Å²) >= 11 is 5.82. The number of carboxylic acid groups (broad SMARTS) is 1. The third kappa shape index (κ3) is 3.16. The first-order chi connectivity index (χ1) is 9.40. The minimum atomic E-state index is -3.91. The molecule has 1 aromatic heterocycles. The number of carboxylic acids is 1. The first-order valence-electron chi connectivity index (χ1n) is 5.40. The number of sulfonamides is 1. The predicted molar refractivity (Wildman–Crippen MR) is 71.0 cm³/mol. The topological polar surface area (TPSA) is 112 Å². The molecule has 0 amide bonds. The highest BCUT2D eigenvalue weighted by Crippen LogP contribution is 2.22. The lowest BCUT2D eigenvalue weighted by Crippen LogP contribution is -2.23. The molecule has 0 bridgehead atoms. The number of hydrogen-bond donors (Lipinski definition) is 3. The summed E-state index contributed by atoms with van der Waals surface area (Å²) in [5.41, 5.74) is 0.483. The summed E-state index contributed by atoms with van der Waals surface area (Å²) in [6.45, 7) is 0.0203. The second-order valence-electron chi connectivity index (χ2n) is 3.88. The fraction of sp³-hybridized carbons (Fsp3) is 0.0909. The van der Waals surface area contributed by atoms with Gasteiger partial charge in [-0.2, -0.15) is 5.10 Å². The van der Waals surface area contributed by atoms with Gasteiger partial charge in [0.05, 0.1) is 16.8 Å². The van der Waals surface area contributed by atoms with Crippen molar-refractivity contribution in [2.45, 2.75) is 11.4 Å². The summed E-state index contributed by atoms with van der Waals surface area (Å²) in [5.74, 6) is -1.23. The Morgan fingerprint density at radius 1 is 1.45 bits per heavy atom. The smallest absolute Gasteiger partial charge is 0.335 e. The number of nitrogens with one attached hydrogen (secondary N) is 2. The van der Waals surface area contributed by atoms with E-state index in [0.29, 0.717) is 5.56 Å². The Morgan fingerprint density at radius 2 is 2.20 bits per heavy atom. The molecule has 0 spiro atoms. The van der Waals surface area contributed by atoms with E-state index in [-0.39, 0.29) is 22.0 Å². The highest BCUT2D eigenvalue weighted by Gasteiger charge is 2.19. The van der Waals surface area contributed by atoms with E-state index in [0.717, 1.165) is 6.07 Å². The summed E-state index contributed by atoms with van der Waals surface area (Å²) in [7, 11) is -3.91. The molecule has 7 nitrogen and oxygen atoms in total. The van der Waals surface area contributed by atoms with Crippen molar-refractivity contribution in [2.75, 3.05) is 0 Å². The van der Waals surface area contributed by atoms with Crippen molar-refractivity contribution in [1.29, 1.82) is 0 Å². The lowest BCUT2D eigenvalue weighted by molar-refractivity contribution is 0.0696. The zero-order chi connectivity index (χ0) is 14.8. The molecular formula is C11H10ClN3O4S. The van der Waals surface area contributed by atoms with Crippen LogP contribution in [-0.4, -0.2) is 29.7 Å². The van der Waals surface area contributed by atoms with Crippen LogP contribution in [0.2, 0.25) is 5.02 Å². The van der Waals surface area contributed by atoms with Crippen molar-refractivity contribution >= 4 is 27.6 Å². The molecule has 0 atom stereocenters. The van der Waals surface area contributed by atoms with Crippen molar-refractivity contribution in [3.8, 4) is 0 Å². The van der Waals surface area contributed by atoms with E-state index < -0.39 is 16.0 Å². The lowest BCUT2D eigenvalue weighted by atomic mass is 10.2. The molecule has 2 aromatic rings. The lowest BCUT2D eigenvalue weighted by Gasteiger charge is -2.08. The molecule has 9 heteroatoms. The fourth-order valence-corrected chi connectivity index (χ4v) is 3.01. The van der Waals surface area contributed by atoms with Gasteiger partial charge < -0.3 is 5.11 Å². The van der Waals surface area contributed by atoms with Crippen LogP contribution >= 0.6 is 11.6 Å². The number of aromatic nitrogens is 2. The van der Waals surface area contributed by atoms with E-state index in [1.165, 1.54) is 24.5 Å². The average molecular weight is 316 g/mol. The predicted octanol–water partition coefficient (Wildman–Crippen LogP) is 1.24. The highest BCUT2D eigenvalue weighted by molar-refractivity contribution is 7.89. The summed E-state index contributed by atoms with van der Waals surface area (Å²) in [6, 6.07) is 3.49. The number of nitrogens with zero attached hydrogens (tertiary/aromatic N) is 1. The molecule has 3 N–H and O–H groups in total. The molecule has 0 aliphatic carbocycles. The van der Waals surface area contributed by atoms with Gasteiger partial charge in [0.25, 0.3) is 0 Å². The molecule has 20 heavy (non-hydrogen) atoms. The highest BCUT2D eigenvalue weighted by atomic mass is 35.5. The molecular weight excluding hydrogens is 306 g/mol. The van der Waals surface area contributed by atoms with Crippen LogP contribution in [0.25, 0.3) is 0 Å². The van der Waals surface area contributed by atoms with E-state index in [2.05, 4.69) is 14.9 Å². The maximum atomic E-state index is 12.1. The van der Waals surface area contributed by atoms with E-state index in [9.17, 15) is 13.2 Å². The van der Waals surface area contributed by atoms with Crippen LogP contribution in [0.4, 0.5) is 0 Å². The van der Waals surface area contributed by atoms with Crippen LogP contribution in [0.5, 0.6) is 0 Å². The molecule has 2 rings (SSSR count). The molecule has 1 heterocycles. The van der Waals surface area contributed by atoms with Crippen molar-refractivity contribution < 1.29 is 18.3 Å². The van der Waals surface area contributed by atoms with Gasteiger partial charge in [0, 0.05) is 18.3 Å². The van der Waals surface area contributed by atoms with E-state index in [4.69, 9.17) is 16.7 Å². The molecule has 0 aliphatic rings. The Balaban J connectivity index is 2.28. The number of carbonyl (C=O) groups is 1. The SMILES string of the molecule is O=C(O)c1ccc(Cl)c(S(=O)(=O)NCc2cn[nH]c2)c1. The van der Waals surface area contributed by atoms with E-state index in [1.807, 2.05) is 0 Å². The third-order valence-electron chi connectivity index (χ3n) is 2.49. The molecule has 0 aliphatic heterocycles. The van der Waals surface area contributed by atoms with Crippen LogP contribution < -0.4 is 4.72 Å². The molecule has 0 saturated carbocycles.